The summed E-state index contributed by atoms with van der Waals surface area (Å²) in [5.41, 5.74) is 3.63. The average Bonchev–Trinajstić information content (AvgIpc) is 2.89. The number of rotatable bonds is 6. The summed E-state index contributed by atoms with van der Waals surface area (Å²) in [6, 6.07) is 23.7. The van der Waals surface area contributed by atoms with Crippen LogP contribution < -0.4 is 20.1 Å². The fourth-order valence-corrected chi connectivity index (χ4v) is 4.27. The van der Waals surface area contributed by atoms with E-state index in [1.165, 1.54) is 0 Å². The van der Waals surface area contributed by atoms with Crippen LogP contribution in [-0.4, -0.2) is 29.2 Å². The SMILES string of the molecule is COc1ccc(Nc2nc(Nc3ccc(OC)cc3)c3ccc4ncnc5ccc2c3c54)cc1. The van der Waals surface area contributed by atoms with Crippen molar-refractivity contribution in [3.05, 3.63) is 79.1 Å². The first kappa shape index (κ1) is 20.0. The summed E-state index contributed by atoms with van der Waals surface area (Å²) in [6.45, 7) is 0. The van der Waals surface area contributed by atoms with Crippen LogP contribution in [-0.2, 0) is 0 Å². The molecule has 0 saturated carbocycles. The Morgan fingerprint density at radius 2 is 1.03 bits per heavy atom. The summed E-state index contributed by atoms with van der Waals surface area (Å²) in [7, 11) is 3.31. The highest BCUT2D eigenvalue weighted by Crippen LogP contribution is 2.40. The van der Waals surface area contributed by atoms with E-state index in [0.29, 0.717) is 0 Å². The zero-order valence-electron chi connectivity index (χ0n) is 18.7. The summed E-state index contributed by atoms with van der Waals surface area (Å²) < 4.78 is 10.6. The molecular formula is C27H21N5O2. The van der Waals surface area contributed by atoms with Crippen molar-refractivity contribution in [2.45, 2.75) is 0 Å². The Labute approximate surface area is 195 Å². The predicted molar refractivity (Wildman–Crippen MR) is 136 cm³/mol. The largest absolute Gasteiger partial charge is 0.497 e. The molecule has 0 atom stereocenters. The topological polar surface area (TPSA) is 81.2 Å². The lowest BCUT2D eigenvalue weighted by Gasteiger charge is -2.18. The molecule has 2 N–H and O–H groups in total. The van der Waals surface area contributed by atoms with Gasteiger partial charge in [-0.3, -0.25) is 0 Å². The van der Waals surface area contributed by atoms with Gasteiger partial charge in [-0.15, -0.1) is 0 Å². The lowest BCUT2D eigenvalue weighted by atomic mass is 9.99. The molecule has 4 aromatic carbocycles. The first-order valence-corrected chi connectivity index (χ1v) is 10.8. The summed E-state index contributed by atoms with van der Waals surface area (Å²) in [6.07, 6.45) is 1.60. The van der Waals surface area contributed by atoms with Crippen LogP contribution in [0.5, 0.6) is 11.5 Å². The second-order valence-electron chi connectivity index (χ2n) is 7.90. The molecule has 0 fully saturated rings. The van der Waals surface area contributed by atoms with Gasteiger partial charge in [0.15, 0.2) is 0 Å². The Morgan fingerprint density at radius 3 is 1.47 bits per heavy atom. The van der Waals surface area contributed by atoms with Crippen LogP contribution in [0.1, 0.15) is 0 Å². The second-order valence-corrected chi connectivity index (χ2v) is 7.90. The Morgan fingerprint density at radius 1 is 0.559 bits per heavy atom. The van der Waals surface area contributed by atoms with Gasteiger partial charge in [-0.2, -0.15) is 0 Å². The van der Waals surface area contributed by atoms with Gasteiger partial charge in [-0.25, -0.2) is 15.0 Å². The third-order valence-electron chi connectivity index (χ3n) is 5.95. The molecule has 0 aliphatic rings. The molecule has 0 amide bonds. The van der Waals surface area contributed by atoms with Crippen LogP contribution in [0.25, 0.3) is 32.6 Å². The number of aromatic nitrogens is 3. The molecule has 166 valence electrons. The lowest BCUT2D eigenvalue weighted by molar-refractivity contribution is 0.415. The van der Waals surface area contributed by atoms with Crippen molar-refractivity contribution in [2.75, 3.05) is 24.9 Å². The van der Waals surface area contributed by atoms with Crippen LogP contribution in [0.15, 0.2) is 79.1 Å². The average molecular weight is 447 g/mol. The minimum absolute atomic E-state index is 0.743. The molecule has 0 radical (unpaired) electrons. The molecule has 0 bridgehead atoms. The quantitative estimate of drug-likeness (QED) is 0.291. The Kier molecular flexibility index (Phi) is 4.73. The smallest absolute Gasteiger partial charge is 0.140 e. The number of methoxy groups -OCH3 is 2. The Hall–Kier alpha value is -4.65. The van der Waals surface area contributed by atoms with Gasteiger partial charge in [0.25, 0.3) is 0 Å². The third-order valence-corrected chi connectivity index (χ3v) is 5.95. The minimum Gasteiger partial charge on any atom is -0.497 e. The number of nitrogens with one attached hydrogen (secondary N) is 2. The third kappa shape index (κ3) is 3.34. The van der Waals surface area contributed by atoms with Crippen LogP contribution >= 0.6 is 0 Å². The highest BCUT2D eigenvalue weighted by Gasteiger charge is 2.17. The van der Waals surface area contributed by atoms with Crippen molar-refractivity contribution in [1.82, 2.24) is 15.0 Å². The van der Waals surface area contributed by atoms with Gasteiger partial charge >= 0.3 is 0 Å². The van der Waals surface area contributed by atoms with E-state index in [4.69, 9.17) is 14.5 Å². The molecule has 0 aliphatic carbocycles. The van der Waals surface area contributed by atoms with Gasteiger partial charge < -0.3 is 20.1 Å². The van der Waals surface area contributed by atoms with E-state index >= 15 is 0 Å². The normalized spacial score (nSPS) is 11.2. The van der Waals surface area contributed by atoms with E-state index in [0.717, 1.165) is 67.1 Å². The van der Waals surface area contributed by atoms with Crippen molar-refractivity contribution in [1.29, 1.82) is 0 Å². The van der Waals surface area contributed by atoms with Gasteiger partial charge in [0, 0.05) is 32.9 Å². The monoisotopic (exact) mass is 447 g/mol. The van der Waals surface area contributed by atoms with Gasteiger partial charge in [0.05, 0.1) is 25.3 Å². The number of hydrogen-bond donors (Lipinski definition) is 2. The van der Waals surface area contributed by atoms with Crippen LogP contribution in [0.3, 0.4) is 0 Å². The Bertz CT molecular complexity index is 1500. The highest BCUT2D eigenvalue weighted by atomic mass is 16.5. The van der Waals surface area contributed by atoms with E-state index in [9.17, 15) is 0 Å². The summed E-state index contributed by atoms with van der Waals surface area (Å²) in [5, 5.41) is 11.1. The number of nitrogens with zero attached hydrogens (tertiary/aromatic N) is 3. The molecule has 34 heavy (non-hydrogen) atoms. The van der Waals surface area contributed by atoms with Crippen molar-refractivity contribution in [3.63, 3.8) is 0 Å². The zero-order valence-corrected chi connectivity index (χ0v) is 18.7. The number of pyridine rings is 1. The molecule has 2 aromatic heterocycles. The number of benzene rings is 4. The predicted octanol–water partition coefficient (Wildman–Crippen LogP) is 6.27. The van der Waals surface area contributed by atoms with Crippen molar-refractivity contribution in [3.8, 4) is 11.5 Å². The van der Waals surface area contributed by atoms with E-state index in [1.54, 1.807) is 20.5 Å². The highest BCUT2D eigenvalue weighted by molar-refractivity contribution is 6.25. The fourth-order valence-electron chi connectivity index (χ4n) is 4.27. The standard InChI is InChI=1S/C27H21N5O2/c1-33-18-7-3-16(4-8-18)30-26-20-11-13-22-25-23(29-15-28-22)14-12-21(24(20)25)27(32-26)31-17-5-9-19(34-2)10-6-17/h3-15H,1-2H3,(H2,30,31,32). The molecule has 7 heteroatoms. The maximum Gasteiger partial charge on any atom is 0.140 e. The van der Waals surface area contributed by atoms with E-state index < -0.39 is 0 Å². The minimum atomic E-state index is 0.743. The van der Waals surface area contributed by atoms with Crippen molar-refractivity contribution in [2.24, 2.45) is 0 Å². The maximum atomic E-state index is 5.29. The summed E-state index contributed by atoms with van der Waals surface area (Å²) in [4.78, 5) is 14.0. The van der Waals surface area contributed by atoms with Crippen LogP contribution in [0.4, 0.5) is 23.0 Å². The molecule has 7 nitrogen and oxygen atoms in total. The molecule has 0 spiro atoms. The molecule has 2 heterocycles. The van der Waals surface area contributed by atoms with Gasteiger partial charge in [0.1, 0.15) is 29.5 Å². The first-order valence-electron chi connectivity index (χ1n) is 10.8. The Balaban J connectivity index is 1.55. The molecule has 6 rings (SSSR count). The van der Waals surface area contributed by atoms with Crippen molar-refractivity contribution < 1.29 is 9.47 Å². The van der Waals surface area contributed by atoms with E-state index in [1.807, 2.05) is 60.7 Å². The van der Waals surface area contributed by atoms with Crippen LogP contribution in [0, 0.1) is 0 Å². The molecule has 0 aliphatic heterocycles. The van der Waals surface area contributed by atoms with E-state index in [-0.39, 0.29) is 0 Å². The second kappa shape index (κ2) is 8.04. The molecular weight excluding hydrogens is 426 g/mol. The lowest BCUT2D eigenvalue weighted by Crippen LogP contribution is -2.02. The maximum absolute atomic E-state index is 5.29. The van der Waals surface area contributed by atoms with Crippen LogP contribution in [0.2, 0.25) is 0 Å². The zero-order chi connectivity index (χ0) is 23.1. The van der Waals surface area contributed by atoms with E-state index in [2.05, 4.69) is 32.7 Å². The fraction of sp³-hybridized carbons (Fsp3) is 0.0741. The first-order chi connectivity index (χ1) is 16.7. The summed E-state index contributed by atoms with van der Waals surface area (Å²) >= 11 is 0. The number of hydrogen-bond acceptors (Lipinski definition) is 7. The summed E-state index contributed by atoms with van der Waals surface area (Å²) in [5.74, 6) is 3.08. The number of anilines is 4. The number of ether oxygens (including phenoxy) is 2. The molecule has 0 saturated heterocycles. The van der Waals surface area contributed by atoms with Gasteiger partial charge in [-0.05, 0) is 72.8 Å². The van der Waals surface area contributed by atoms with Crippen molar-refractivity contribution >= 4 is 55.6 Å². The molecule has 0 unspecified atom stereocenters. The van der Waals surface area contributed by atoms with Gasteiger partial charge in [-0.1, -0.05) is 0 Å². The molecule has 6 aromatic rings. The van der Waals surface area contributed by atoms with Gasteiger partial charge in [0.2, 0.25) is 0 Å².